The van der Waals surface area contributed by atoms with Gasteiger partial charge in [-0.3, -0.25) is 0 Å². The Hall–Kier alpha value is -0.520. The van der Waals surface area contributed by atoms with Crippen LogP contribution < -0.4 is 5.32 Å². The monoisotopic (exact) mass is 243 g/mol. The molecule has 92 valence electrons. The predicted octanol–water partition coefficient (Wildman–Crippen LogP) is 1.10. The minimum Gasteiger partial charge on any atom is -0.395 e. The van der Waals surface area contributed by atoms with E-state index in [4.69, 9.17) is 0 Å². The van der Waals surface area contributed by atoms with Crippen LogP contribution in [-0.4, -0.2) is 38.8 Å². The number of imidazole rings is 1. The Morgan fingerprint density at radius 3 is 2.94 bits per heavy atom. The Morgan fingerprint density at radius 2 is 2.38 bits per heavy atom. The standard InChI is InChI=1S/C11H21N3OS/c1-4-14-8-12-5-10(14)6-13-9(2)11(7-15)16-3/h5,8-9,11,13,15H,4,6-7H2,1-3H3. The summed E-state index contributed by atoms with van der Waals surface area (Å²) >= 11 is 1.69. The molecule has 0 spiro atoms. The number of thioether (sulfide) groups is 1. The van der Waals surface area contributed by atoms with Crippen molar-refractivity contribution in [2.45, 2.75) is 38.2 Å². The molecule has 16 heavy (non-hydrogen) atoms. The molecule has 2 atom stereocenters. The fourth-order valence-corrected chi connectivity index (χ4v) is 2.27. The summed E-state index contributed by atoms with van der Waals surface area (Å²) in [4.78, 5) is 4.12. The van der Waals surface area contributed by atoms with E-state index in [1.165, 1.54) is 5.69 Å². The van der Waals surface area contributed by atoms with Gasteiger partial charge in [0.25, 0.3) is 0 Å². The van der Waals surface area contributed by atoms with Crippen LogP contribution in [0.25, 0.3) is 0 Å². The normalized spacial score (nSPS) is 15.0. The van der Waals surface area contributed by atoms with Gasteiger partial charge in [-0.2, -0.15) is 11.8 Å². The number of nitrogens with one attached hydrogen (secondary N) is 1. The predicted molar refractivity (Wildman–Crippen MR) is 68.6 cm³/mol. The molecule has 1 aromatic rings. The molecule has 1 heterocycles. The summed E-state index contributed by atoms with van der Waals surface area (Å²) in [7, 11) is 0. The highest BCUT2D eigenvalue weighted by Gasteiger charge is 2.14. The van der Waals surface area contributed by atoms with Crippen LogP contribution in [0.5, 0.6) is 0 Å². The summed E-state index contributed by atoms with van der Waals surface area (Å²) in [5.41, 5.74) is 1.19. The first-order chi connectivity index (χ1) is 7.72. The van der Waals surface area contributed by atoms with Crippen LogP contribution in [0.4, 0.5) is 0 Å². The molecule has 5 heteroatoms. The second-order valence-corrected chi connectivity index (χ2v) is 4.87. The third kappa shape index (κ3) is 3.50. The summed E-state index contributed by atoms with van der Waals surface area (Å²) in [6.07, 6.45) is 5.76. The molecule has 0 bridgehead atoms. The largest absolute Gasteiger partial charge is 0.395 e. The molecule has 1 rings (SSSR count). The zero-order chi connectivity index (χ0) is 12.0. The van der Waals surface area contributed by atoms with Gasteiger partial charge in [0.2, 0.25) is 0 Å². The van der Waals surface area contributed by atoms with Gasteiger partial charge in [0.15, 0.2) is 0 Å². The van der Waals surface area contributed by atoms with E-state index >= 15 is 0 Å². The van der Waals surface area contributed by atoms with Crippen molar-refractivity contribution in [1.29, 1.82) is 0 Å². The topological polar surface area (TPSA) is 50.1 Å². The van der Waals surface area contributed by atoms with E-state index in [0.717, 1.165) is 13.1 Å². The quantitative estimate of drug-likeness (QED) is 0.753. The number of hydrogen-bond donors (Lipinski definition) is 2. The molecule has 4 nitrogen and oxygen atoms in total. The van der Waals surface area contributed by atoms with Crippen molar-refractivity contribution >= 4 is 11.8 Å². The molecule has 0 aliphatic rings. The Balaban J connectivity index is 2.45. The number of aromatic nitrogens is 2. The molecule has 2 N–H and O–H groups in total. The van der Waals surface area contributed by atoms with Crippen LogP contribution in [0.15, 0.2) is 12.5 Å². The smallest absolute Gasteiger partial charge is 0.0948 e. The SMILES string of the molecule is CCn1cncc1CNC(C)C(CO)SC. The molecular weight excluding hydrogens is 222 g/mol. The van der Waals surface area contributed by atoms with Crippen molar-refractivity contribution in [2.24, 2.45) is 0 Å². The Morgan fingerprint density at radius 1 is 1.62 bits per heavy atom. The first-order valence-corrected chi connectivity index (χ1v) is 6.87. The first-order valence-electron chi connectivity index (χ1n) is 5.59. The van der Waals surface area contributed by atoms with E-state index in [0.29, 0.717) is 6.04 Å². The van der Waals surface area contributed by atoms with E-state index in [9.17, 15) is 5.11 Å². The average Bonchev–Trinajstić information content (AvgIpc) is 2.75. The van der Waals surface area contributed by atoms with E-state index < -0.39 is 0 Å². The molecule has 0 fully saturated rings. The number of aliphatic hydroxyl groups is 1. The van der Waals surface area contributed by atoms with Crippen molar-refractivity contribution in [3.05, 3.63) is 18.2 Å². The van der Waals surface area contributed by atoms with E-state index in [2.05, 4.69) is 28.7 Å². The summed E-state index contributed by atoms with van der Waals surface area (Å²) < 4.78 is 2.12. The van der Waals surface area contributed by atoms with Gasteiger partial charge < -0.3 is 15.0 Å². The van der Waals surface area contributed by atoms with Gasteiger partial charge in [-0.1, -0.05) is 0 Å². The molecule has 0 saturated heterocycles. The van der Waals surface area contributed by atoms with Crippen molar-refractivity contribution in [2.75, 3.05) is 12.9 Å². The second-order valence-electron chi connectivity index (χ2n) is 3.80. The van der Waals surface area contributed by atoms with Crippen molar-refractivity contribution in [3.8, 4) is 0 Å². The van der Waals surface area contributed by atoms with Crippen LogP contribution in [0.2, 0.25) is 0 Å². The molecule has 0 aromatic carbocycles. The minimum absolute atomic E-state index is 0.211. The van der Waals surface area contributed by atoms with Crippen LogP contribution >= 0.6 is 11.8 Å². The number of aliphatic hydroxyl groups excluding tert-OH is 1. The summed E-state index contributed by atoms with van der Waals surface area (Å²) in [5, 5.41) is 12.8. The van der Waals surface area contributed by atoms with Crippen LogP contribution in [0.1, 0.15) is 19.5 Å². The summed E-state index contributed by atoms with van der Waals surface area (Å²) in [5.74, 6) is 0. The fraction of sp³-hybridized carbons (Fsp3) is 0.727. The van der Waals surface area contributed by atoms with Gasteiger partial charge in [-0.15, -0.1) is 0 Å². The van der Waals surface area contributed by atoms with Crippen molar-refractivity contribution in [3.63, 3.8) is 0 Å². The highest BCUT2D eigenvalue weighted by atomic mass is 32.2. The van der Waals surface area contributed by atoms with Gasteiger partial charge >= 0.3 is 0 Å². The zero-order valence-electron chi connectivity index (χ0n) is 10.2. The summed E-state index contributed by atoms with van der Waals surface area (Å²) in [6.45, 7) is 6.16. The molecule has 0 aliphatic carbocycles. The van der Waals surface area contributed by atoms with E-state index in [1.807, 2.05) is 18.8 Å². The lowest BCUT2D eigenvalue weighted by Crippen LogP contribution is -2.37. The summed E-state index contributed by atoms with van der Waals surface area (Å²) in [6, 6.07) is 0.292. The second kappa shape index (κ2) is 6.93. The van der Waals surface area contributed by atoms with Gasteiger partial charge in [0.05, 0.1) is 18.6 Å². The maximum atomic E-state index is 9.18. The van der Waals surface area contributed by atoms with Crippen molar-refractivity contribution in [1.82, 2.24) is 14.9 Å². The Kier molecular flexibility index (Phi) is 5.87. The molecule has 0 amide bonds. The maximum Gasteiger partial charge on any atom is 0.0948 e. The average molecular weight is 243 g/mol. The van der Waals surface area contributed by atoms with Gasteiger partial charge in [0.1, 0.15) is 0 Å². The number of nitrogens with zero attached hydrogens (tertiary/aromatic N) is 2. The van der Waals surface area contributed by atoms with Crippen LogP contribution in [-0.2, 0) is 13.1 Å². The molecule has 0 saturated carbocycles. The highest BCUT2D eigenvalue weighted by molar-refractivity contribution is 7.99. The number of aryl methyl sites for hydroxylation is 1. The molecule has 0 aliphatic heterocycles. The number of rotatable bonds is 7. The fourth-order valence-electron chi connectivity index (χ4n) is 1.61. The Labute approximate surface area is 101 Å². The van der Waals surface area contributed by atoms with Gasteiger partial charge in [0, 0.05) is 30.6 Å². The molecule has 0 radical (unpaired) electrons. The molecular formula is C11H21N3OS. The first kappa shape index (κ1) is 13.5. The lowest BCUT2D eigenvalue weighted by atomic mass is 10.2. The van der Waals surface area contributed by atoms with Crippen LogP contribution in [0.3, 0.4) is 0 Å². The van der Waals surface area contributed by atoms with Gasteiger partial charge in [-0.05, 0) is 20.1 Å². The third-order valence-electron chi connectivity index (χ3n) is 2.78. The lowest BCUT2D eigenvalue weighted by molar-refractivity contribution is 0.275. The lowest BCUT2D eigenvalue weighted by Gasteiger charge is -2.21. The zero-order valence-corrected chi connectivity index (χ0v) is 11.0. The van der Waals surface area contributed by atoms with Gasteiger partial charge in [-0.25, -0.2) is 4.98 Å². The minimum atomic E-state index is 0.211. The van der Waals surface area contributed by atoms with Crippen LogP contribution in [0, 0.1) is 0 Å². The Bertz CT molecular complexity index is 299. The third-order valence-corrected chi connectivity index (χ3v) is 3.95. The van der Waals surface area contributed by atoms with Crippen molar-refractivity contribution < 1.29 is 5.11 Å². The van der Waals surface area contributed by atoms with E-state index in [-0.39, 0.29) is 11.9 Å². The number of hydrogen-bond acceptors (Lipinski definition) is 4. The van der Waals surface area contributed by atoms with E-state index in [1.54, 1.807) is 11.8 Å². The maximum absolute atomic E-state index is 9.18. The molecule has 2 unspecified atom stereocenters. The highest BCUT2D eigenvalue weighted by Crippen LogP contribution is 2.11. The molecule has 1 aromatic heterocycles.